The first kappa shape index (κ1) is 18.8. The molecule has 0 fully saturated rings. The van der Waals surface area contributed by atoms with Gasteiger partial charge in [-0.25, -0.2) is 4.39 Å². The number of nitrogens with zero attached hydrogens (tertiary/aromatic N) is 4. The molecule has 2 aromatic heterocycles. The monoisotopic (exact) mass is 413 g/mol. The number of hydrogen-bond acceptors (Lipinski definition) is 7. The lowest BCUT2D eigenvalue weighted by Crippen LogP contribution is -2.12. The van der Waals surface area contributed by atoms with Gasteiger partial charge in [-0.05, 0) is 30.7 Å². The molecule has 8 nitrogen and oxygen atoms in total. The summed E-state index contributed by atoms with van der Waals surface area (Å²) in [4.78, 5) is 13.1. The van der Waals surface area contributed by atoms with Crippen LogP contribution < -0.4 is 14.8 Å². The maximum Gasteiger partial charge on any atom is 0.257 e. The lowest BCUT2D eigenvalue weighted by molar-refractivity contribution is 0.102. The molecule has 0 aliphatic rings. The highest BCUT2D eigenvalue weighted by Crippen LogP contribution is 2.27. The number of fused-ring (bicyclic) bond motifs is 1. The van der Waals surface area contributed by atoms with E-state index in [-0.39, 0.29) is 11.7 Å². The second-order valence-corrected chi connectivity index (χ2v) is 7.10. The van der Waals surface area contributed by atoms with E-state index in [9.17, 15) is 9.18 Å². The van der Waals surface area contributed by atoms with Gasteiger partial charge in [-0.1, -0.05) is 23.5 Å². The fourth-order valence-corrected chi connectivity index (χ4v) is 3.42. The molecule has 0 saturated heterocycles. The average Bonchev–Trinajstić information content (AvgIpc) is 3.29. The van der Waals surface area contributed by atoms with Gasteiger partial charge < -0.3 is 9.47 Å². The zero-order valence-corrected chi connectivity index (χ0v) is 16.6. The molecule has 0 aliphatic carbocycles. The summed E-state index contributed by atoms with van der Waals surface area (Å²) in [7, 11) is 3.02. The number of anilines is 1. The summed E-state index contributed by atoms with van der Waals surface area (Å²) in [5.74, 6) is 0.663. The molecule has 2 heterocycles. The van der Waals surface area contributed by atoms with Crippen molar-refractivity contribution in [2.24, 2.45) is 0 Å². The molecule has 0 bridgehead atoms. The minimum absolute atomic E-state index is 0.329. The molecule has 2 aromatic carbocycles. The first-order chi connectivity index (χ1) is 14.0. The second-order valence-electron chi connectivity index (χ2n) is 6.14. The Balaban J connectivity index is 1.63. The van der Waals surface area contributed by atoms with Crippen molar-refractivity contribution in [3.63, 3.8) is 0 Å². The Bertz CT molecular complexity index is 1200. The van der Waals surface area contributed by atoms with Crippen LogP contribution in [-0.4, -0.2) is 39.9 Å². The molecule has 10 heteroatoms. The van der Waals surface area contributed by atoms with Gasteiger partial charge in [0.2, 0.25) is 10.1 Å². The lowest BCUT2D eigenvalue weighted by Gasteiger charge is -2.07. The van der Waals surface area contributed by atoms with E-state index in [1.807, 2.05) is 0 Å². The Labute approximate surface area is 168 Å². The number of halogens is 1. The third kappa shape index (κ3) is 3.61. The molecule has 1 amide bonds. The van der Waals surface area contributed by atoms with Crippen LogP contribution in [0.25, 0.3) is 16.3 Å². The van der Waals surface area contributed by atoms with Crippen molar-refractivity contribution in [3.8, 4) is 22.9 Å². The number of rotatable bonds is 5. The first-order valence-electron chi connectivity index (χ1n) is 8.51. The Morgan fingerprint density at radius 3 is 2.48 bits per heavy atom. The first-order valence-corrected chi connectivity index (χ1v) is 9.33. The van der Waals surface area contributed by atoms with Gasteiger partial charge in [0.15, 0.2) is 5.82 Å². The Morgan fingerprint density at radius 1 is 1.10 bits per heavy atom. The van der Waals surface area contributed by atoms with E-state index in [0.29, 0.717) is 44.1 Å². The number of carbonyl (C=O) groups is 1. The summed E-state index contributed by atoms with van der Waals surface area (Å²) in [5.41, 5.74) is 1.43. The molecule has 0 aliphatic heterocycles. The number of methoxy groups -OCH3 is 2. The smallest absolute Gasteiger partial charge is 0.257 e. The van der Waals surface area contributed by atoms with Crippen LogP contribution in [0.3, 0.4) is 0 Å². The van der Waals surface area contributed by atoms with Crippen LogP contribution in [0.5, 0.6) is 11.5 Å². The number of hydrogen-bond donors (Lipinski definition) is 1. The van der Waals surface area contributed by atoms with Crippen LogP contribution in [0.1, 0.15) is 15.9 Å². The highest BCUT2D eigenvalue weighted by atomic mass is 32.1. The molecule has 4 aromatic rings. The van der Waals surface area contributed by atoms with Gasteiger partial charge >= 0.3 is 0 Å². The molecule has 1 N–H and O–H groups in total. The highest BCUT2D eigenvalue weighted by Gasteiger charge is 2.17. The molecule has 0 spiro atoms. The number of aromatic nitrogens is 4. The summed E-state index contributed by atoms with van der Waals surface area (Å²) in [6, 6.07) is 9.65. The number of ether oxygens (including phenoxy) is 2. The van der Waals surface area contributed by atoms with Gasteiger partial charge in [-0.2, -0.15) is 4.52 Å². The van der Waals surface area contributed by atoms with E-state index in [1.165, 1.54) is 24.8 Å². The Morgan fingerprint density at radius 2 is 1.83 bits per heavy atom. The lowest BCUT2D eigenvalue weighted by atomic mass is 10.1. The van der Waals surface area contributed by atoms with Crippen molar-refractivity contribution in [1.82, 2.24) is 19.8 Å². The minimum atomic E-state index is -0.380. The van der Waals surface area contributed by atoms with Crippen molar-refractivity contribution in [3.05, 3.63) is 53.3 Å². The number of aryl methyl sites for hydroxylation is 1. The molecule has 4 rings (SSSR count). The van der Waals surface area contributed by atoms with E-state index in [2.05, 4.69) is 20.6 Å². The normalized spacial score (nSPS) is 10.9. The topological polar surface area (TPSA) is 90.6 Å². The summed E-state index contributed by atoms with van der Waals surface area (Å²) >= 11 is 1.15. The molecule has 29 heavy (non-hydrogen) atoms. The largest absolute Gasteiger partial charge is 0.497 e. The van der Waals surface area contributed by atoms with Gasteiger partial charge in [0.1, 0.15) is 17.3 Å². The minimum Gasteiger partial charge on any atom is -0.497 e. The summed E-state index contributed by atoms with van der Waals surface area (Å²) in [6.07, 6.45) is 0. The molecular formula is C19H16FN5O3S. The number of amides is 1. The average molecular weight is 413 g/mol. The van der Waals surface area contributed by atoms with Crippen molar-refractivity contribution >= 4 is 27.3 Å². The molecule has 148 valence electrons. The van der Waals surface area contributed by atoms with Crippen LogP contribution >= 0.6 is 11.3 Å². The van der Waals surface area contributed by atoms with Crippen molar-refractivity contribution < 1.29 is 18.7 Å². The SMILES string of the molecule is COc1cc(OC)cc(C(=O)Nc2nn3c(-c4ccc(C)c(F)c4)nnc3s2)c1. The van der Waals surface area contributed by atoms with Gasteiger partial charge in [0, 0.05) is 17.2 Å². The molecule has 0 radical (unpaired) electrons. The van der Waals surface area contributed by atoms with E-state index in [1.54, 1.807) is 37.3 Å². The van der Waals surface area contributed by atoms with Gasteiger partial charge in [0.25, 0.3) is 5.91 Å². The van der Waals surface area contributed by atoms with Gasteiger partial charge in [-0.15, -0.1) is 15.3 Å². The molecule has 0 unspecified atom stereocenters. The number of carbonyl (C=O) groups excluding carboxylic acids is 1. The molecule has 0 atom stereocenters. The van der Waals surface area contributed by atoms with Crippen LogP contribution in [0.15, 0.2) is 36.4 Å². The van der Waals surface area contributed by atoms with Crippen LogP contribution in [0, 0.1) is 12.7 Å². The third-order valence-corrected chi connectivity index (χ3v) is 5.07. The zero-order valence-electron chi connectivity index (χ0n) is 15.8. The van der Waals surface area contributed by atoms with Crippen LogP contribution in [-0.2, 0) is 0 Å². The fraction of sp³-hybridized carbons (Fsp3) is 0.158. The predicted octanol–water partition coefficient (Wildman–Crippen LogP) is 3.57. The van der Waals surface area contributed by atoms with Gasteiger partial charge in [-0.3, -0.25) is 10.1 Å². The maximum absolute atomic E-state index is 13.9. The van der Waals surface area contributed by atoms with E-state index < -0.39 is 0 Å². The quantitative estimate of drug-likeness (QED) is 0.538. The predicted molar refractivity (Wildman–Crippen MR) is 106 cm³/mol. The summed E-state index contributed by atoms with van der Waals surface area (Å²) in [5, 5.41) is 15.5. The Hall–Kier alpha value is -3.53. The standard InChI is InChI=1S/C19H16FN5O3S/c1-10-4-5-11(8-15(10)20)16-22-23-19-25(16)24-18(29-19)21-17(26)12-6-13(27-2)9-14(7-12)28-3/h4-9H,1-3H3,(H,21,24,26). The van der Waals surface area contributed by atoms with Gasteiger partial charge in [0.05, 0.1) is 14.2 Å². The highest BCUT2D eigenvalue weighted by molar-refractivity contribution is 7.20. The molecule has 0 saturated carbocycles. The second kappa shape index (κ2) is 7.47. The summed E-state index contributed by atoms with van der Waals surface area (Å²) < 4.78 is 25.8. The van der Waals surface area contributed by atoms with Crippen LogP contribution in [0.4, 0.5) is 9.52 Å². The fourth-order valence-electron chi connectivity index (χ4n) is 2.69. The van der Waals surface area contributed by atoms with Crippen molar-refractivity contribution in [2.75, 3.05) is 19.5 Å². The van der Waals surface area contributed by atoms with E-state index >= 15 is 0 Å². The maximum atomic E-state index is 13.9. The number of nitrogens with one attached hydrogen (secondary N) is 1. The third-order valence-electron chi connectivity index (χ3n) is 4.25. The molecular weight excluding hydrogens is 397 g/mol. The number of benzene rings is 2. The van der Waals surface area contributed by atoms with E-state index in [0.717, 1.165) is 11.3 Å². The van der Waals surface area contributed by atoms with Crippen molar-refractivity contribution in [2.45, 2.75) is 6.92 Å². The summed E-state index contributed by atoms with van der Waals surface area (Å²) in [6.45, 7) is 1.68. The van der Waals surface area contributed by atoms with Crippen LogP contribution in [0.2, 0.25) is 0 Å². The Kier molecular flexibility index (Phi) is 4.85. The van der Waals surface area contributed by atoms with Crippen molar-refractivity contribution in [1.29, 1.82) is 0 Å². The zero-order chi connectivity index (χ0) is 20.5. The van der Waals surface area contributed by atoms with E-state index in [4.69, 9.17) is 9.47 Å².